The standard InChI is InChI=1S/C17H20N4O7/c1-3-28-16(24)6-7-18-14(22)9-20-10-15(23)19(2)13-5-4-11(21(26)27)8-12(13)17(20)25/h4-5,8H,3,6-7,9-10H2,1-2H3,(H,18,22). The largest absolute Gasteiger partial charge is 0.466 e. The molecule has 0 spiro atoms. The van der Waals surface area contributed by atoms with Crippen molar-refractivity contribution in [1.29, 1.82) is 0 Å². The number of nitrogens with zero attached hydrogens (tertiary/aromatic N) is 3. The second kappa shape index (κ2) is 8.93. The predicted octanol–water partition coefficient (Wildman–Crippen LogP) is 0.0828. The van der Waals surface area contributed by atoms with E-state index in [2.05, 4.69) is 5.32 Å². The first kappa shape index (κ1) is 20.8. The summed E-state index contributed by atoms with van der Waals surface area (Å²) in [5.74, 6) is -2.15. The Hall–Kier alpha value is -3.50. The van der Waals surface area contributed by atoms with E-state index in [1.807, 2.05) is 0 Å². The highest BCUT2D eigenvalue weighted by atomic mass is 16.6. The van der Waals surface area contributed by atoms with Gasteiger partial charge in [0.15, 0.2) is 0 Å². The summed E-state index contributed by atoms with van der Waals surface area (Å²) in [4.78, 5) is 61.0. The Labute approximate surface area is 160 Å². The lowest BCUT2D eigenvalue weighted by Gasteiger charge is -2.19. The molecule has 1 heterocycles. The van der Waals surface area contributed by atoms with E-state index in [9.17, 15) is 29.3 Å². The summed E-state index contributed by atoms with van der Waals surface area (Å²) < 4.78 is 4.74. The number of benzene rings is 1. The Morgan fingerprint density at radius 2 is 2.04 bits per heavy atom. The van der Waals surface area contributed by atoms with Crippen molar-refractivity contribution in [3.8, 4) is 0 Å². The molecule has 28 heavy (non-hydrogen) atoms. The van der Waals surface area contributed by atoms with Gasteiger partial charge in [-0.3, -0.25) is 29.3 Å². The molecule has 0 fully saturated rings. The molecule has 0 aliphatic carbocycles. The molecule has 11 heteroatoms. The molecule has 0 aromatic heterocycles. The zero-order valence-corrected chi connectivity index (χ0v) is 15.5. The van der Waals surface area contributed by atoms with Crippen LogP contribution in [0.1, 0.15) is 23.7 Å². The molecule has 150 valence electrons. The number of carbonyl (C=O) groups excluding carboxylic acids is 4. The van der Waals surface area contributed by atoms with Crippen LogP contribution >= 0.6 is 0 Å². The molecule has 0 atom stereocenters. The molecule has 0 bridgehead atoms. The fraction of sp³-hybridized carbons (Fsp3) is 0.412. The highest BCUT2D eigenvalue weighted by molar-refractivity contribution is 6.10. The van der Waals surface area contributed by atoms with Gasteiger partial charge in [0.05, 0.1) is 29.2 Å². The van der Waals surface area contributed by atoms with Gasteiger partial charge in [-0.1, -0.05) is 0 Å². The minimum absolute atomic E-state index is 0.0234. The number of ether oxygens (including phenoxy) is 1. The monoisotopic (exact) mass is 392 g/mol. The zero-order chi connectivity index (χ0) is 20.8. The van der Waals surface area contributed by atoms with Crippen LogP contribution in [0.25, 0.3) is 0 Å². The average molecular weight is 392 g/mol. The highest BCUT2D eigenvalue weighted by Crippen LogP contribution is 2.28. The summed E-state index contributed by atoms with van der Waals surface area (Å²) in [5.41, 5.74) is -0.110. The van der Waals surface area contributed by atoms with Crippen molar-refractivity contribution in [2.45, 2.75) is 13.3 Å². The Balaban J connectivity index is 2.13. The molecule has 0 unspecified atom stereocenters. The quantitative estimate of drug-likeness (QED) is 0.394. The zero-order valence-electron chi connectivity index (χ0n) is 15.5. The van der Waals surface area contributed by atoms with Crippen molar-refractivity contribution in [3.63, 3.8) is 0 Å². The molecule has 1 aromatic carbocycles. The molecule has 1 aliphatic rings. The van der Waals surface area contributed by atoms with Crippen LogP contribution in [-0.4, -0.2) is 66.8 Å². The highest BCUT2D eigenvalue weighted by Gasteiger charge is 2.32. The van der Waals surface area contributed by atoms with Gasteiger partial charge < -0.3 is 19.9 Å². The predicted molar refractivity (Wildman–Crippen MR) is 96.7 cm³/mol. The van der Waals surface area contributed by atoms with E-state index in [1.54, 1.807) is 6.92 Å². The molecular formula is C17H20N4O7. The van der Waals surface area contributed by atoms with Crippen LogP contribution in [0.3, 0.4) is 0 Å². The summed E-state index contributed by atoms with van der Waals surface area (Å²) in [6.45, 7) is 1.13. The summed E-state index contributed by atoms with van der Waals surface area (Å²) in [5, 5.41) is 13.5. The van der Waals surface area contributed by atoms with Crippen molar-refractivity contribution in [1.82, 2.24) is 10.2 Å². The maximum absolute atomic E-state index is 12.8. The van der Waals surface area contributed by atoms with E-state index >= 15 is 0 Å². The van der Waals surface area contributed by atoms with Gasteiger partial charge in [0, 0.05) is 25.7 Å². The topological polar surface area (TPSA) is 139 Å². The number of hydrogen-bond donors (Lipinski definition) is 1. The van der Waals surface area contributed by atoms with Crippen LogP contribution in [0.4, 0.5) is 11.4 Å². The Kier molecular flexibility index (Phi) is 6.64. The lowest BCUT2D eigenvalue weighted by molar-refractivity contribution is -0.384. The van der Waals surface area contributed by atoms with Crippen LogP contribution < -0.4 is 10.2 Å². The number of carbonyl (C=O) groups is 4. The van der Waals surface area contributed by atoms with Crippen LogP contribution in [0.5, 0.6) is 0 Å². The molecular weight excluding hydrogens is 372 g/mol. The molecule has 0 saturated heterocycles. The number of esters is 1. The van der Waals surface area contributed by atoms with Gasteiger partial charge in [-0.25, -0.2) is 0 Å². The molecule has 0 saturated carbocycles. The van der Waals surface area contributed by atoms with Gasteiger partial charge in [0.1, 0.15) is 13.1 Å². The summed E-state index contributed by atoms with van der Waals surface area (Å²) in [7, 11) is 1.45. The molecule has 2 rings (SSSR count). The molecule has 3 amide bonds. The van der Waals surface area contributed by atoms with E-state index in [-0.39, 0.29) is 43.1 Å². The number of nitrogens with one attached hydrogen (secondary N) is 1. The van der Waals surface area contributed by atoms with Crippen molar-refractivity contribution >= 4 is 35.1 Å². The fourth-order valence-electron chi connectivity index (χ4n) is 2.64. The van der Waals surface area contributed by atoms with Crippen LogP contribution in [-0.2, 0) is 19.1 Å². The van der Waals surface area contributed by atoms with E-state index in [1.165, 1.54) is 24.1 Å². The number of hydrogen-bond acceptors (Lipinski definition) is 7. The molecule has 1 aromatic rings. The Bertz CT molecular complexity index is 824. The maximum atomic E-state index is 12.8. The smallest absolute Gasteiger partial charge is 0.307 e. The number of amides is 3. The third-order valence-corrected chi connectivity index (χ3v) is 4.06. The van der Waals surface area contributed by atoms with Gasteiger partial charge in [-0.15, -0.1) is 0 Å². The van der Waals surface area contributed by atoms with Gasteiger partial charge in [0.25, 0.3) is 11.6 Å². The number of nitro benzene ring substituents is 1. The second-order valence-electron chi connectivity index (χ2n) is 5.98. The van der Waals surface area contributed by atoms with E-state index < -0.39 is 35.2 Å². The van der Waals surface area contributed by atoms with E-state index in [4.69, 9.17) is 4.74 Å². The first-order valence-corrected chi connectivity index (χ1v) is 8.51. The third-order valence-electron chi connectivity index (χ3n) is 4.06. The SMILES string of the molecule is CCOC(=O)CCNC(=O)CN1CC(=O)N(C)c2ccc([N+](=O)[O-])cc2C1=O. The number of likely N-dealkylation sites (N-methyl/N-ethyl adjacent to an activating group) is 1. The molecule has 11 nitrogen and oxygen atoms in total. The first-order valence-electron chi connectivity index (χ1n) is 8.51. The summed E-state index contributed by atoms with van der Waals surface area (Å²) in [6, 6.07) is 3.61. The summed E-state index contributed by atoms with van der Waals surface area (Å²) >= 11 is 0. The van der Waals surface area contributed by atoms with E-state index in [0.29, 0.717) is 0 Å². The van der Waals surface area contributed by atoms with Gasteiger partial charge >= 0.3 is 5.97 Å². The molecule has 0 radical (unpaired) electrons. The van der Waals surface area contributed by atoms with Gasteiger partial charge in [-0.2, -0.15) is 0 Å². The van der Waals surface area contributed by atoms with Gasteiger partial charge in [-0.05, 0) is 13.0 Å². The van der Waals surface area contributed by atoms with Gasteiger partial charge in [0.2, 0.25) is 11.8 Å². The normalized spacial score (nSPS) is 13.6. The molecule has 1 aliphatic heterocycles. The van der Waals surface area contributed by atoms with Crippen LogP contribution in [0.2, 0.25) is 0 Å². The van der Waals surface area contributed by atoms with Crippen molar-refractivity contribution in [3.05, 3.63) is 33.9 Å². The second-order valence-corrected chi connectivity index (χ2v) is 5.98. The Morgan fingerprint density at radius 1 is 1.32 bits per heavy atom. The number of nitro groups is 1. The number of rotatable bonds is 7. The maximum Gasteiger partial charge on any atom is 0.307 e. The van der Waals surface area contributed by atoms with Crippen LogP contribution in [0, 0.1) is 10.1 Å². The average Bonchev–Trinajstić information content (AvgIpc) is 2.73. The summed E-state index contributed by atoms with van der Waals surface area (Å²) in [6.07, 6.45) is -0.0236. The van der Waals surface area contributed by atoms with Crippen molar-refractivity contribution < 1.29 is 28.8 Å². The van der Waals surface area contributed by atoms with E-state index in [0.717, 1.165) is 11.0 Å². The molecule has 1 N–H and O–H groups in total. The minimum atomic E-state index is -0.669. The third kappa shape index (κ3) is 4.81. The Morgan fingerprint density at radius 3 is 2.68 bits per heavy atom. The fourth-order valence-corrected chi connectivity index (χ4v) is 2.64. The first-order chi connectivity index (χ1) is 13.2. The lowest BCUT2D eigenvalue weighted by atomic mass is 10.1. The number of fused-ring (bicyclic) bond motifs is 1. The van der Waals surface area contributed by atoms with Crippen molar-refractivity contribution in [2.24, 2.45) is 0 Å². The van der Waals surface area contributed by atoms with Crippen LogP contribution in [0.15, 0.2) is 18.2 Å². The van der Waals surface area contributed by atoms with Crippen molar-refractivity contribution in [2.75, 3.05) is 38.2 Å². The minimum Gasteiger partial charge on any atom is -0.466 e. The number of anilines is 1. The lowest BCUT2D eigenvalue weighted by Crippen LogP contribution is -2.44. The number of non-ortho nitro benzene ring substituents is 1.